The molecule has 0 aromatic carbocycles. The molecule has 4 heterocycles. The monoisotopic (exact) mass is 463 g/mol. The maximum Gasteiger partial charge on any atom is 0.309 e. The Bertz CT molecular complexity index is 1210. The number of carbonyl (C=O) groups excluding carboxylic acids is 1. The van der Waals surface area contributed by atoms with E-state index in [0.29, 0.717) is 48.5 Å². The van der Waals surface area contributed by atoms with Crippen molar-refractivity contribution in [1.82, 2.24) is 29.0 Å². The number of hydrogen-bond acceptors (Lipinski definition) is 10. The van der Waals surface area contributed by atoms with E-state index in [1.54, 1.807) is 20.2 Å². The first kappa shape index (κ1) is 22.1. The average Bonchev–Trinajstić information content (AvgIpc) is 3.35. The number of imidazole rings is 1. The van der Waals surface area contributed by atoms with Crippen molar-refractivity contribution in [3.05, 3.63) is 24.1 Å². The van der Waals surface area contributed by atoms with Gasteiger partial charge in [-0.1, -0.05) is 5.16 Å². The summed E-state index contributed by atoms with van der Waals surface area (Å²) in [5.74, 6) is -0.0408. The van der Waals surface area contributed by atoms with Crippen molar-refractivity contribution in [2.24, 2.45) is 5.92 Å². The second-order valence-electron chi connectivity index (χ2n) is 7.72. The largest absolute Gasteiger partial charge is 0.465 e. The van der Waals surface area contributed by atoms with Gasteiger partial charge in [0, 0.05) is 19.6 Å². The summed E-state index contributed by atoms with van der Waals surface area (Å²) in [6.07, 6.45) is 4.41. The maximum atomic E-state index is 12.9. The van der Waals surface area contributed by atoms with Gasteiger partial charge in [-0.2, -0.15) is 4.31 Å². The van der Waals surface area contributed by atoms with Crippen LogP contribution in [0.2, 0.25) is 0 Å². The van der Waals surface area contributed by atoms with Crippen LogP contribution in [0.1, 0.15) is 30.7 Å². The fourth-order valence-corrected chi connectivity index (χ4v) is 5.65. The number of nitrogens with two attached hydrogens (primary N) is 1. The number of aromatic nitrogens is 5. The van der Waals surface area contributed by atoms with Gasteiger partial charge in [0.2, 0.25) is 10.0 Å². The van der Waals surface area contributed by atoms with Crippen LogP contribution in [0.15, 0.2) is 22.1 Å². The highest BCUT2D eigenvalue weighted by Gasteiger charge is 2.35. The Hall–Kier alpha value is -3.06. The lowest BCUT2D eigenvalue weighted by atomic mass is 9.98. The molecule has 0 radical (unpaired) electrons. The van der Waals surface area contributed by atoms with Crippen LogP contribution >= 0.6 is 0 Å². The van der Waals surface area contributed by atoms with Crippen molar-refractivity contribution in [2.45, 2.75) is 44.6 Å². The molecule has 0 atom stereocenters. The number of aryl methyl sites for hydroxylation is 3. The number of anilines is 1. The Morgan fingerprint density at radius 2 is 2.00 bits per heavy atom. The fourth-order valence-electron chi connectivity index (χ4n) is 3.89. The zero-order valence-corrected chi connectivity index (χ0v) is 18.7. The Labute approximate surface area is 184 Å². The van der Waals surface area contributed by atoms with E-state index in [0.717, 1.165) is 0 Å². The molecule has 1 aliphatic heterocycles. The molecule has 0 spiro atoms. The molecule has 0 bridgehead atoms. The molecule has 2 N–H and O–H groups in total. The van der Waals surface area contributed by atoms with Gasteiger partial charge in [0.1, 0.15) is 22.4 Å². The number of esters is 1. The van der Waals surface area contributed by atoms with Gasteiger partial charge >= 0.3 is 5.97 Å². The molecule has 0 aliphatic carbocycles. The molecule has 4 rings (SSSR count). The van der Waals surface area contributed by atoms with Crippen LogP contribution in [0, 0.1) is 19.8 Å². The van der Waals surface area contributed by atoms with E-state index >= 15 is 0 Å². The standard InChI is InChI=1S/C19H25N7O5S/c1-12-16(13(2)31-24-12)32(28,29)26-7-4-14(5-8-26)19(27)30-9-3-6-25-11-23-15-17(20)21-10-22-18(15)25/h10-11,14H,3-9H2,1-2H3,(H2,20,21,22). The van der Waals surface area contributed by atoms with Gasteiger partial charge in [0.25, 0.3) is 0 Å². The summed E-state index contributed by atoms with van der Waals surface area (Å²) in [7, 11) is -3.70. The van der Waals surface area contributed by atoms with Crippen molar-refractivity contribution in [2.75, 3.05) is 25.4 Å². The van der Waals surface area contributed by atoms with Crippen LogP contribution in [0.5, 0.6) is 0 Å². The van der Waals surface area contributed by atoms with Crippen LogP contribution in [0.25, 0.3) is 11.2 Å². The second-order valence-corrected chi connectivity index (χ2v) is 9.60. The molecule has 32 heavy (non-hydrogen) atoms. The smallest absolute Gasteiger partial charge is 0.309 e. The topological polar surface area (TPSA) is 159 Å². The van der Waals surface area contributed by atoms with Gasteiger partial charge in [-0.15, -0.1) is 0 Å². The Morgan fingerprint density at radius 3 is 2.69 bits per heavy atom. The quantitative estimate of drug-likeness (QED) is 0.396. The number of hydrogen-bond donors (Lipinski definition) is 1. The van der Waals surface area contributed by atoms with Crippen LogP contribution in [0.4, 0.5) is 5.82 Å². The number of nitrogens with zero attached hydrogens (tertiary/aromatic N) is 6. The minimum absolute atomic E-state index is 0.109. The lowest BCUT2D eigenvalue weighted by Crippen LogP contribution is -2.41. The third-order valence-electron chi connectivity index (χ3n) is 5.57. The Kier molecular flexibility index (Phi) is 6.11. The molecule has 0 amide bonds. The molecule has 1 aliphatic rings. The first-order valence-corrected chi connectivity index (χ1v) is 11.7. The van der Waals surface area contributed by atoms with Crippen molar-refractivity contribution >= 4 is 33.0 Å². The van der Waals surface area contributed by atoms with Gasteiger partial charge in [-0.25, -0.2) is 23.4 Å². The minimum atomic E-state index is -3.70. The highest BCUT2D eigenvalue weighted by Crippen LogP contribution is 2.28. The lowest BCUT2D eigenvalue weighted by Gasteiger charge is -2.30. The summed E-state index contributed by atoms with van der Waals surface area (Å²) in [5.41, 5.74) is 7.30. The van der Waals surface area contributed by atoms with Gasteiger partial charge in [-0.3, -0.25) is 4.79 Å². The van der Waals surface area contributed by atoms with E-state index in [1.807, 2.05) is 4.57 Å². The van der Waals surface area contributed by atoms with Crippen LogP contribution in [-0.4, -0.2) is 63.1 Å². The van der Waals surface area contributed by atoms with E-state index in [1.165, 1.54) is 10.6 Å². The zero-order chi connectivity index (χ0) is 22.9. The third-order valence-corrected chi connectivity index (χ3v) is 7.71. The third kappa shape index (κ3) is 4.17. The molecule has 1 saturated heterocycles. The molecule has 1 fully saturated rings. The van der Waals surface area contributed by atoms with E-state index in [2.05, 4.69) is 20.1 Å². The normalized spacial score (nSPS) is 15.9. The number of piperidine rings is 1. The summed E-state index contributed by atoms with van der Waals surface area (Å²) >= 11 is 0. The molecular formula is C19H25N7O5S. The predicted molar refractivity (Wildman–Crippen MR) is 113 cm³/mol. The van der Waals surface area contributed by atoms with Crippen LogP contribution in [-0.2, 0) is 26.1 Å². The molecule has 13 heteroatoms. The van der Waals surface area contributed by atoms with Crippen LogP contribution in [0.3, 0.4) is 0 Å². The molecule has 172 valence electrons. The first-order chi connectivity index (χ1) is 15.3. The Balaban J connectivity index is 1.25. The Morgan fingerprint density at radius 1 is 1.25 bits per heavy atom. The van der Waals surface area contributed by atoms with Gasteiger partial charge in [-0.05, 0) is 33.1 Å². The summed E-state index contributed by atoms with van der Waals surface area (Å²) in [5, 5.41) is 3.73. The van der Waals surface area contributed by atoms with E-state index in [9.17, 15) is 13.2 Å². The SMILES string of the molecule is Cc1noc(C)c1S(=O)(=O)N1CCC(C(=O)OCCCn2cnc3c(N)ncnc32)CC1. The van der Waals surface area contributed by atoms with Gasteiger partial charge in [0.05, 0.1) is 18.9 Å². The number of fused-ring (bicyclic) bond motifs is 1. The first-order valence-electron chi connectivity index (χ1n) is 10.3. The number of ether oxygens (including phenoxy) is 1. The average molecular weight is 464 g/mol. The number of sulfonamides is 1. The highest BCUT2D eigenvalue weighted by molar-refractivity contribution is 7.89. The van der Waals surface area contributed by atoms with E-state index in [-0.39, 0.29) is 42.2 Å². The minimum Gasteiger partial charge on any atom is -0.465 e. The van der Waals surface area contributed by atoms with Gasteiger partial charge < -0.3 is 19.6 Å². The predicted octanol–water partition coefficient (Wildman–Crippen LogP) is 1.05. The molecule has 3 aromatic rings. The molecule has 0 unspecified atom stereocenters. The van der Waals surface area contributed by atoms with Crippen molar-refractivity contribution < 1.29 is 22.5 Å². The van der Waals surface area contributed by atoms with Crippen molar-refractivity contribution in [3.8, 4) is 0 Å². The summed E-state index contributed by atoms with van der Waals surface area (Å²) in [4.78, 5) is 24.8. The zero-order valence-electron chi connectivity index (χ0n) is 17.9. The lowest BCUT2D eigenvalue weighted by molar-refractivity contribution is -0.150. The van der Waals surface area contributed by atoms with Crippen molar-refractivity contribution in [3.63, 3.8) is 0 Å². The van der Waals surface area contributed by atoms with Crippen LogP contribution < -0.4 is 5.73 Å². The van der Waals surface area contributed by atoms with Gasteiger partial charge in [0.15, 0.2) is 17.2 Å². The fraction of sp³-hybridized carbons (Fsp3) is 0.526. The van der Waals surface area contributed by atoms with E-state index in [4.69, 9.17) is 15.0 Å². The summed E-state index contributed by atoms with van der Waals surface area (Å²) in [6.45, 7) is 4.47. The number of carbonyl (C=O) groups is 1. The summed E-state index contributed by atoms with van der Waals surface area (Å²) in [6, 6.07) is 0. The molecule has 0 saturated carbocycles. The number of rotatable bonds is 7. The maximum absolute atomic E-state index is 12.9. The highest BCUT2D eigenvalue weighted by atomic mass is 32.2. The van der Waals surface area contributed by atoms with Crippen molar-refractivity contribution in [1.29, 1.82) is 0 Å². The molecule has 3 aromatic heterocycles. The number of nitrogen functional groups attached to an aromatic ring is 1. The molecular weight excluding hydrogens is 438 g/mol. The van der Waals surface area contributed by atoms with E-state index < -0.39 is 10.0 Å². The second kappa shape index (κ2) is 8.82. The molecule has 12 nitrogen and oxygen atoms in total. The summed E-state index contributed by atoms with van der Waals surface area (Å²) < 4.78 is 39.4.